The van der Waals surface area contributed by atoms with Crippen LogP contribution in [-0.4, -0.2) is 37.9 Å². The summed E-state index contributed by atoms with van der Waals surface area (Å²) in [5.41, 5.74) is 0. The van der Waals surface area contributed by atoms with E-state index < -0.39 is 0 Å². The quantitative estimate of drug-likeness (QED) is 0.412. The van der Waals surface area contributed by atoms with Gasteiger partial charge in [-0.05, 0) is 6.42 Å². The molecule has 1 aliphatic carbocycles. The summed E-state index contributed by atoms with van der Waals surface area (Å²) in [6.45, 7) is 18.0. The fourth-order valence-electron chi connectivity index (χ4n) is 0.589. The second-order valence-electron chi connectivity index (χ2n) is 1.62. The van der Waals surface area contributed by atoms with Crippen molar-refractivity contribution in [2.75, 3.05) is 0 Å². The van der Waals surface area contributed by atoms with Gasteiger partial charge in [-0.15, -0.1) is 23.2 Å². The monoisotopic (exact) mass is 435 g/mol. The Morgan fingerprint density at radius 1 is 0.875 bits per heavy atom. The maximum atomic E-state index is 7.50. The number of hydrogen-bond acceptors (Lipinski definition) is 4. The van der Waals surface area contributed by atoms with Crippen LogP contribution in [-0.2, 0) is 39.6 Å². The van der Waals surface area contributed by atoms with Gasteiger partial charge in [0, 0.05) is 20.4 Å². The molecule has 0 aromatic rings. The molecule has 0 aromatic heterocycles. The van der Waals surface area contributed by atoms with Crippen LogP contribution in [0, 0.1) is 0 Å². The summed E-state index contributed by atoms with van der Waals surface area (Å²) in [6, 6.07) is 0. The minimum Gasteiger partial charge on any atom is -0.281 e. The molecular formula is C9H6Cl2O4Re. The third-order valence-corrected chi connectivity index (χ3v) is 2.05. The van der Waals surface area contributed by atoms with Crippen LogP contribution in [0.4, 0.5) is 0 Å². The van der Waals surface area contributed by atoms with Crippen LogP contribution in [0.2, 0.25) is 0 Å². The van der Waals surface area contributed by atoms with E-state index in [1.165, 1.54) is 0 Å². The normalized spacial score (nSPS) is 18.4. The Labute approximate surface area is 119 Å². The largest absolute Gasteiger partial charge is 0.281 e. The third-order valence-electron chi connectivity index (χ3n) is 1.03. The predicted molar refractivity (Wildman–Crippen MR) is 55.8 cm³/mol. The third kappa shape index (κ3) is 23.5. The topological polar surface area (TPSA) is 68.3 Å². The molecule has 9 radical (unpaired) electrons. The first-order chi connectivity index (χ1) is 7.30. The molecule has 4 nitrogen and oxygen atoms in total. The Morgan fingerprint density at radius 2 is 1.19 bits per heavy atom. The van der Waals surface area contributed by atoms with Gasteiger partial charge in [0.25, 0.3) is 27.2 Å². The molecule has 0 fully saturated rings. The van der Waals surface area contributed by atoms with Crippen molar-refractivity contribution in [3.05, 3.63) is 12.2 Å². The maximum Gasteiger partial charge on any atom is 0.281 e. The molecule has 0 saturated heterocycles. The molecule has 87 valence electrons. The molecule has 0 bridgehead atoms. The fourth-order valence-corrected chi connectivity index (χ4v) is 0.982. The molecule has 1 aliphatic rings. The predicted octanol–water partition coefficient (Wildman–Crippen LogP) is 0.570. The van der Waals surface area contributed by atoms with Crippen molar-refractivity contribution < 1.29 is 39.6 Å². The molecule has 0 amide bonds. The number of allylic oxidation sites excluding steroid dienone is 2. The molecule has 0 aromatic carbocycles. The van der Waals surface area contributed by atoms with Crippen LogP contribution < -0.4 is 0 Å². The molecule has 0 N–H and O–H groups in total. The minimum atomic E-state index is 0. The summed E-state index contributed by atoms with van der Waals surface area (Å²) in [6.07, 6.45) is 4.87. The minimum absolute atomic E-state index is 0. The molecule has 1 rings (SSSR count). The number of hydrogen-bond donors (Lipinski definition) is 0. The zero-order valence-corrected chi connectivity index (χ0v) is 12.0. The van der Waals surface area contributed by atoms with Crippen molar-refractivity contribution in [3.63, 3.8) is 0 Å². The van der Waals surface area contributed by atoms with Gasteiger partial charge in [0.1, 0.15) is 0 Å². The van der Waals surface area contributed by atoms with E-state index in [4.69, 9.17) is 42.4 Å². The van der Waals surface area contributed by atoms with Crippen molar-refractivity contribution in [2.24, 2.45) is 0 Å². The van der Waals surface area contributed by atoms with Crippen LogP contribution in [0.1, 0.15) is 6.42 Å². The zero-order valence-electron chi connectivity index (χ0n) is 7.78. The second-order valence-corrected chi connectivity index (χ2v) is 2.69. The summed E-state index contributed by atoms with van der Waals surface area (Å²) < 4.78 is 0. The van der Waals surface area contributed by atoms with Crippen molar-refractivity contribution in [2.45, 2.75) is 17.2 Å². The average molecular weight is 435 g/mol. The smallest absolute Gasteiger partial charge is 0.281 e. The average Bonchev–Trinajstić information content (AvgIpc) is 2.74. The van der Waals surface area contributed by atoms with Gasteiger partial charge in [-0.3, -0.25) is 19.2 Å². The van der Waals surface area contributed by atoms with E-state index in [9.17, 15) is 0 Å². The van der Waals surface area contributed by atoms with Gasteiger partial charge in [0.15, 0.2) is 0 Å². The Bertz CT molecular complexity index is 141. The number of halogens is 2. The zero-order chi connectivity index (χ0) is 13.3. The van der Waals surface area contributed by atoms with Crippen LogP contribution in [0.25, 0.3) is 0 Å². The molecule has 2 unspecified atom stereocenters. The van der Waals surface area contributed by atoms with E-state index in [-0.39, 0.29) is 31.2 Å². The van der Waals surface area contributed by atoms with Crippen LogP contribution in [0.3, 0.4) is 0 Å². The van der Waals surface area contributed by atoms with Crippen molar-refractivity contribution in [3.8, 4) is 0 Å². The van der Waals surface area contributed by atoms with Gasteiger partial charge in [-0.2, -0.15) is 0 Å². The summed E-state index contributed by atoms with van der Waals surface area (Å²) >= 11 is 11.3. The molecule has 0 heterocycles. The van der Waals surface area contributed by atoms with E-state index in [2.05, 4.69) is 27.2 Å². The molecule has 2 atom stereocenters. The van der Waals surface area contributed by atoms with Gasteiger partial charge >= 0.3 is 0 Å². The van der Waals surface area contributed by atoms with E-state index in [1.807, 2.05) is 12.2 Å². The number of alkyl halides is 2. The SMILES string of the molecule is ClC1C=CCC1Cl.[C]=O.[C]=O.[C]=O.[C]=O.[Re]. The second kappa shape index (κ2) is 36.5. The summed E-state index contributed by atoms with van der Waals surface area (Å²) in [5, 5.41) is 0.211. The maximum absolute atomic E-state index is 7.50. The molecular weight excluding hydrogens is 429 g/mol. The number of carbonyl (C=O) groups excluding carboxylic acids is 4. The van der Waals surface area contributed by atoms with Crippen molar-refractivity contribution >= 4 is 50.4 Å². The molecule has 0 spiro atoms. The summed E-state index contributed by atoms with van der Waals surface area (Å²) in [7, 11) is 0. The molecule has 16 heavy (non-hydrogen) atoms. The van der Waals surface area contributed by atoms with Crippen molar-refractivity contribution in [1.29, 1.82) is 0 Å². The summed E-state index contributed by atoms with van der Waals surface area (Å²) in [4.78, 5) is 30.0. The van der Waals surface area contributed by atoms with Crippen LogP contribution >= 0.6 is 23.2 Å². The standard InChI is InChI=1S/C5H6Cl2.4CO.Re/c6-4-2-1-3-5(4)7;4*1-2;/h1-2,4-5H,3H2;;;;;. The first-order valence-corrected chi connectivity index (χ1v) is 3.94. The van der Waals surface area contributed by atoms with Gasteiger partial charge < -0.3 is 0 Å². The van der Waals surface area contributed by atoms with E-state index in [1.54, 1.807) is 0 Å². The van der Waals surface area contributed by atoms with E-state index in [0.717, 1.165) is 6.42 Å². The fraction of sp³-hybridized carbons (Fsp3) is 0.333. The Balaban J connectivity index is -0.0000000390. The summed E-state index contributed by atoms with van der Waals surface area (Å²) in [5.74, 6) is 0. The van der Waals surface area contributed by atoms with E-state index in [0.29, 0.717) is 0 Å². The van der Waals surface area contributed by atoms with Crippen LogP contribution in [0.5, 0.6) is 0 Å². The van der Waals surface area contributed by atoms with Crippen LogP contribution in [0.15, 0.2) is 12.2 Å². The first-order valence-electron chi connectivity index (χ1n) is 3.07. The number of rotatable bonds is 0. The van der Waals surface area contributed by atoms with E-state index >= 15 is 0 Å². The molecule has 0 aliphatic heterocycles. The first kappa shape index (κ1) is 29.6. The molecule has 7 heteroatoms. The van der Waals surface area contributed by atoms with Crippen molar-refractivity contribution in [1.82, 2.24) is 0 Å². The Kier molecular flexibility index (Phi) is 67.5. The van der Waals surface area contributed by atoms with Gasteiger partial charge in [-0.1, -0.05) is 12.2 Å². The Hall–Kier alpha value is -0.338. The van der Waals surface area contributed by atoms with Gasteiger partial charge in [0.05, 0.1) is 10.8 Å². The van der Waals surface area contributed by atoms with Gasteiger partial charge in [0.2, 0.25) is 0 Å². The molecule has 0 saturated carbocycles. The van der Waals surface area contributed by atoms with Gasteiger partial charge in [-0.25, -0.2) is 0 Å². The Morgan fingerprint density at radius 3 is 1.25 bits per heavy atom.